The first-order valence-electron chi connectivity index (χ1n) is 8.35. The minimum atomic E-state index is -0.765. The number of hydrogen-bond acceptors (Lipinski definition) is 4. The van der Waals surface area contributed by atoms with Gasteiger partial charge in [0, 0.05) is 32.0 Å². The van der Waals surface area contributed by atoms with Crippen molar-refractivity contribution in [3.8, 4) is 0 Å². The fourth-order valence-corrected chi connectivity index (χ4v) is 3.75. The van der Waals surface area contributed by atoms with Crippen molar-refractivity contribution in [1.82, 2.24) is 19.8 Å². The third kappa shape index (κ3) is 3.17. The van der Waals surface area contributed by atoms with Crippen molar-refractivity contribution >= 4 is 5.91 Å². The molecule has 122 valence electrons. The summed E-state index contributed by atoms with van der Waals surface area (Å²) in [5, 5.41) is 10.5. The Morgan fingerprint density at radius 3 is 2.86 bits per heavy atom. The number of carbonyl (C=O) groups excluding carboxylic acids is 1. The molecule has 0 aromatic carbocycles. The van der Waals surface area contributed by atoms with Crippen LogP contribution in [0.5, 0.6) is 0 Å². The summed E-state index contributed by atoms with van der Waals surface area (Å²) in [6.45, 7) is 5.31. The number of aliphatic hydroxyl groups is 1. The number of imidazole rings is 1. The molecule has 6 heteroatoms. The first-order valence-corrected chi connectivity index (χ1v) is 8.35. The maximum Gasteiger partial charge on any atom is 0.225 e. The molecule has 1 atom stereocenters. The quantitative estimate of drug-likeness (QED) is 0.880. The van der Waals surface area contributed by atoms with Gasteiger partial charge in [-0.2, -0.15) is 0 Å². The smallest absolute Gasteiger partial charge is 0.225 e. The van der Waals surface area contributed by atoms with Crippen molar-refractivity contribution in [1.29, 1.82) is 0 Å². The predicted molar refractivity (Wildman–Crippen MR) is 83.2 cm³/mol. The Bertz CT molecular complexity index is 496. The summed E-state index contributed by atoms with van der Waals surface area (Å²) >= 11 is 0. The number of amides is 1. The summed E-state index contributed by atoms with van der Waals surface area (Å²) in [4.78, 5) is 24.4. The SMILES string of the molecule is CCN1CCN(C(=O)CC2(O)CCCC2)CC1c1ncc[nH]1. The van der Waals surface area contributed by atoms with Gasteiger partial charge in [-0.3, -0.25) is 9.69 Å². The van der Waals surface area contributed by atoms with E-state index < -0.39 is 5.60 Å². The van der Waals surface area contributed by atoms with Gasteiger partial charge in [-0.15, -0.1) is 0 Å². The monoisotopic (exact) mass is 306 g/mol. The van der Waals surface area contributed by atoms with Crippen LogP contribution in [0.15, 0.2) is 12.4 Å². The van der Waals surface area contributed by atoms with Gasteiger partial charge in [0.2, 0.25) is 5.91 Å². The Hall–Kier alpha value is -1.40. The minimum absolute atomic E-state index is 0.0803. The van der Waals surface area contributed by atoms with Gasteiger partial charge in [0.1, 0.15) is 5.82 Å². The molecule has 0 radical (unpaired) electrons. The van der Waals surface area contributed by atoms with Crippen molar-refractivity contribution < 1.29 is 9.90 Å². The number of likely N-dealkylation sites (N-methyl/N-ethyl adjacent to an activating group) is 1. The molecule has 3 rings (SSSR count). The van der Waals surface area contributed by atoms with Gasteiger partial charge in [-0.25, -0.2) is 4.98 Å². The van der Waals surface area contributed by atoms with Crippen LogP contribution in [0, 0.1) is 0 Å². The van der Waals surface area contributed by atoms with E-state index in [1.807, 2.05) is 11.1 Å². The molecule has 2 heterocycles. The normalized spacial score (nSPS) is 25.5. The zero-order valence-corrected chi connectivity index (χ0v) is 13.3. The van der Waals surface area contributed by atoms with E-state index in [9.17, 15) is 9.90 Å². The molecule has 1 aromatic heterocycles. The molecule has 2 N–H and O–H groups in total. The van der Waals surface area contributed by atoms with Crippen LogP contribution in [-0.4, -0.2) is 62.6 Å². The fraction of sp³-hybridized carbons (Fsp3) is 0.750. The molecule has 1 aliphatic heterocycles. The number of rotatable bonds is 4. The highest BCUT2D eigenvalue weighted by atomic mass is 16.3. The topological polar surface area (TPSA) is 72.5 Å². The third-order valence-electron chi connectivity index (χ3n) is 5.10. The Morgan fingerprint density at radius 2 is 2.23 bits per heavy atom. The summed E-state index contributed by atoms with van der Waals surface area (Å²) in [5.41, 5.74) is -0.765. The standard InChI is InChI=1S/C16H26N4O2/c1-2-19-9-10-20(12-13(19)15-17-7-8-18-15)14(21)11-16(22)5-3-4-6-16/h7-8,13,22H,2-6,9-12H2,1H3,(H,17,18). The average Bonchev–Trinajstić information content (AvgIpc) is 3.18. The van der Waals surface area contributed by atoms with E-state index in [0.29, 0.717) is 6.54 Å². The lowest BCUT2D eigenvalue weighted by Crippen LogP contribution is -2.51. The van der Waals surface area contributed by atoms with Crippen LogP contribution in [0.25, 0.3) is 0 Å². The summed E-state index contributed by atoms with van der Waals surface area (Å²) in [6.07, 6.45) is 7.43. The summed E-state index contributed by atoms with van der Waals surface area (Å²) in [7, 11) is 0. The maximum atomic E-state index is 12.6. The Morgan fingerprint density at radius 1 is 1.45 bits per heavy atom. The lowest BCUT2D eigenvalue weighted by molar-refractivity contribution is -0.139. The molecule has 2 aliphatic rings. The molecule has 1 saturated carbocycles. The van der Waals surface area contributed by atoms with Crippen LogP contribution >= 0.6 is 0 Å². The van der Waals surface area contributed by atoms with E-state index >= 15 is 0 Å². The molecule has 22 heavy (non-hydrogen) atoms. The number of carbonyl (C=O) groups is 1. The number of aromatic nitrogens is 2. The van der Waals surface area contributed by atoms with Crippen molar-refractivity contribution in [3.63, 3.8) is 0 Å². The second-order valence-electron chi connectivity index (χ2n) is 6.57. The van der Waals surface area contributed by atoms with Crippen LogP contribution in [0.2, 0.25) is 0 Å². The van der Waals surface area contributed by atoms with Gasteiger partial charge in [-0.05, 0) is 19.4 Å². The second kappa shape index (κ2) is 6.38. The zero-order chi connectivity index (χ0) is 15.6. The number of nitrogens with zero attached hydrogens (tertiary/aromatic N) is 3. The van der Waals surface area contributed by atoms with Crippen molar-refractivity contribution in [2.24, 2.45) is 0 Å². The van der Waals surface area contributed by atoms with Crippen molar-refractivity contribution in [3.05, 3.63) is 18.2 Å². The number of hydrogen-bond donors (Lipinski definition) is 2. The van der Waals surface area contributed by atoms with Crippen LogP contribution in [0.4, 0.5) is 0 Å². The lowest BCUT2D eigenvalue weighted by atomic mass is 9.96. The van der Waals surface area contributed by atoms with Crippen LogP contribution in [-0.2, 0) is 4.79 Å². The number of nitrogens with one attached hydrogen (secondary N) is 1. The fourth-order valence-electron chi connectivity index (χ4n) is 3.75. The Kier molecular flexibility index (Phi) is 4.49. The average molecular weight is 306 g/mol. The molecule has 1 amide bonds. The highest BCUT2D eigenvalue weighted by Crippen LogP contribution is 2.33. The summed E-state index contributed by atoms with van der Waals surface area (Å²) in [6, 6.07) is 0.121. The lowest BCUT2D eigenvalue weighted by Gasteiger charge is -2.40. The largest absolute Gasteiger partial charge is 0.389 e. The molecule has 1 saturated heterocycles. The van der Waals surface area contributed by atoms with Crippen molar-refractivity contribution in [2.45, 2.75) is 50.7 Å². The molecule has 6 nitrogen and oxygen atoms in total. The van der Waals surface area contributed by atoms with Gasteiger partial charge in [0.15, 0.2) is 0 Å². The predicted octanol–water partition coefficient (Wildman–Crippen LogP) is 1.31. The number of aromatic amines is 1. The second-order valence-corrected chi connectivity index (χ2v) is 6.57. The van der Waals surface area contributed by atoms with Crippen LogP contribution < -0.4 is 0 Å². The van der Waals surface area contributed by atoms with Gasteiger partial charge < -0.3 is 15.0 Å². The Balaban J connectivity index is 1.66. The van der Waals surface area contributed by atoms with Crippen molar-refractivity contribution in [2.75, 3.05) is 26.2 Å². The van der Waals surface area contributed by atoms with E-state index in [0.717, 1.165) is 51.1 Å². The molecule has 1 unspecified atom stereocenters. The van der Waals surface area contributed by atoms with E-state index in [1.54, 1.807) is 6.20 Å². The highest BCUT2D eigenvalue weighted by molar-refractivity contribution is 5.77. The van der Waals surface area contributed by atoms with Gasteiger partial charge in [0.05, 0.1) is 18.1 Å². The van der Waals surface area contributed by atoms with Gasteiger partial charge in [0.25, 0.3) is 0 Å². The summed E-state index contributed by atoms with van der Waals surface area (Å²) < 4.78 is 0. The van der Waals surface area contributed by atoms with E-state index in [1.165, 1.54) is 0 Å². The third-order valence-corrected chi connectivity index (χ3v) is 5.10. The van der Waals surface area contributed by atoms with Crippen LogP contribution in [0.3, 0.4) is 0 Å². The van der Waals surface area contributed by atoms with E-state index in [-0.39, 0.29) is 18.4 Å². The first-order chi connectivity index (χ1) is 10.6. The molecular formula is C16H26N4O2. The molecule has 0 bridgehead atoms. The highest BCUT2D eigenvalue weighted by Gasteiger charge is 2.37. The number of piperazine rings is 1. The molecule has 1 aliphatic carbocycles. The molecule has 0 spiro atoms. The van der Waals surface area contributed by atoms with E-state index in [4.69, 9.17) is 0 Å². The number of H-pyrrole nitrogens is 1. The minimum Gasteiger partial charge on any atom is -0.389 e. The molecular weight excluding hydrogens is 280 g/mol. The molecule has 1 aromatic rings. The molecule has 2 fully saturated rings. The van der Waals surface area contributed by atoms with Gasteiger partial charge in [-0.1, -0.05) is 19.8 Å². The Labute approximate surface area is 131 Å². The maximum absolute atomic E-state index is 12.6. The first kappa shape index (κ1) is 15.5. The zero-order valence-electron chi connectivity index (χ0n) is 13.3. The van der Waals surface area contributed by atoms with Gasteiger partial charge >= 0.3 is 0 Å². The van der Waals surface area contributed by atoms with E-state index in [2.05, 4.69) is 21.8 Å². The van der Waals surface area contributed by atoms with Crippen LogP contribution in [0.1, 0.15) is 50.9 Å². The summed E-state index contributed by atoms with van der Waals surface area (Å²) in [5.74, 6) is 0.996.